The van der Waals surface area contributed by atoms with Gasteiger partial charge in [-0.15, -0.1) is 6.42 Å². The first-order valence-electron chi connectivity index (χ1n) is 6.82. The average molecular weight is 264 g/mol. The summed E-state index contributed by atoms with van der Waals surface area (Å²) in [4.78, 5) is 23.2. The van der Waals surface area contributed by atoms with Crippen molar-refractivity contribution in [3.05, 3.63) is 0 Å². The van der Waals surface area contributed by atoms with Crippen LogP contribution in [0.15, 0.2) is 0 Å². The Morgan fingerprint density at radius 3 is 2.68 bits per heavy atom. The molecule has 2 rings (SSSR count). The topological polar surface area (TPSA) is 78.4 Å². The third-order valence-electron chi connectivity index (χ3n) is 4.41. The van der Waals surface area contributed by atoms with Crippen LogP contribution in [0.3, 0.4) is 0 Å². The Kier molecular flexibility index (Phi) is 3.98. The summed E-state index contributed by atoms with van der Waals surface area (Å²) in [5.41, 5.74) is 0. The summed E-state index contributed by atoms with van der Waals surface area (Å²) >= 11 is 0. The van der Waals surface area contributed by atoms with Crippen molar-refractivity contribution in [2.45, 2.75) is 44.7 Å². The molecule has 2 saturated carbocycles. The van der Waals surface area contributed by atoms with E-state index < -0.39 is 11.9 Å². The third-order valence-corrected chi connectivity index (χ3v) is 4.41. The number of amides is 2. The number of carbonyl (C=O) groups is 2. The molecule has 2 amide bonds. The second-order valence-corrected chi connectivity index (χ2v) is 5.47. The minimum Gasteiger partial charge on any atom is -0.481 e. The number of terminal acetylenes is 1. The van der Waals surface area contributed by atoms with Crippen LogP contribution in [0.1, 0.15) is 32.6 Å². The molecule has 19 heavy (non-hydrogen) atoms. The first-order chi connectivity index (χ1) is 9.06. The molecule has 0 aromatic rings. The fraction of sp³-hybridized carbons (Fsp3) is 0.714. The van der Waals surface area contributed by atoms with Crippen LogP contribution in [-0.4, -0.2) is 29.2 Å². The number of nitrogens with one attached hydrogen (secondary N) is 2. The van der Waals surface area contributed by atoms with Gasteiger partial charge in [0.05, 0.1) is 12.0 Å². The lowest BCUT2D eigenvalue weighted by Crippen LogP contribution is -2.51. The zero-order valence-electron chi connectivity index (χ0n) is 11.1. The highest BCUT2D eigenvalue weighted by Crippen LogP contribution is 2.48. The number of aliphatic carboxylic acids is 1. The Morgan fingerprint density at radius 2 is 2.11 bits per heavy atom. The van der Waals surface area contributed by atoms with Crippen molar-refractivity contribution in [3.63, 3.8) is 0 Å². The summed E-state index contributed by atoms with van der Waals surface area (Å²) in [6.07, 6.45) is 8.82. The van der Waals surface area contributed by atoms with Crippen molar-refractivity contribution >= 4 is 12.0 Å². The summed E-state index contributed by atoms with van der Waals surface area (Å²) in [6, 6.07) is -0.915. The number of hydrogen-bond donors (Lipinski definition) is 3. The van der Waals surface area contributed by atoms with Gasteiger partial charge in [-0.05, 0) is 37.5 Å². The Morgan fingerprint density at radius 1 is 1.42 bits per heavy atom. The molecule has 0 radical (unpaired) electrons. The average Bonchev–Trinajstić information content (AvgIpc) is 2.96. The molecule has 5 unspecified atom stereocenters. The first kappa shape index (κ1) is 13.7. The molecule has 2 fully saturated rings. The molecule has 0 aliphatic heterocycles. The highest BCUT2D eigenvalue weighted by Gasteiger charge is 2.51. The summed E-state index contributed by atoms with van der Waals surface area (Å²) in [5, 5.41) is 14.8. The molecule has 0 aromatic carbocycles. The van der Waals surface area contributed by atoms with Gasteiger partial charge in [-0.1, -0.05) is 12.8 Å². The van der Waals surface area contributed by atoms with E-state index in [4.69, 9.17) is 6.42 Å². The van der Waals surface area contributed by atoms with Crippen LogP contribution < -0.4 is 10.6 Å². The van der Waals surface area contributed by atoms with Crippen molar-refractivity contribution < 1.29 is 14.7 Å². The van der Waals surface area contributed by atoms with Gasteiger partial charge in [-0.2, -0.15) is 0 Å². The highest BCUT2D eigenvalue weighted by molar-refractivity contribution is 5.78. The van der Waals surface area contributed by atoms with E-state index >= 15 is 0 Å². The van der Waals surface area contributed by atoms with E-state index in [1.165, 1.54) is 0 Å². The van der Waals surface area contributed by atoms with E-state index in [2.05, 4.69) is 16.6 Å². The molecule has 5 heteroatoms. The Labute approximate surface area is 113 Å². The molecular weight excluding hydrogens is 244 g/mol. The SMILES string of the molecule is C#CC(CC)NC(=O)NC1C2CCC(C2)C1C(=O)O. The zero-order valence-corrected chi connectivity index (χ0v) is 11.1. The molecule has 104 valence electrons. The fourth-order valence-electron chi connectivity index (χ4n) is 3.47. The number of carboxylic acid groups (broad SMARTS) is 1. The summed E-state index contributed by atoms with van der Waals surface area (Å²) in [5.74, 6) is 1.74. The third kappa shape index (κ3) is 2.67. The van der Waals surface area contributed by atoms with Crippen molar-refractivity contribution in [3.8, 4) is 12.3 Å². The second-order valence-electron chi connectivity index (χ2n) is 5.47. The molecule has 5 nitrogen and oxygen atoms in total. The molecule has 2 bridgehead atoms. The number of fused-ring (bicyclic) bond motifs is 2. The summed E-state index contributed by atoms with van der Waals surface area (Å²) in [7, 11) is 0. The van der Waals surface area contributed by atoms with E-state index in [-0.39, 0.29) is 24.0 Å². The normalized spacial score (nSPS) is 33.5. The predicted molar refractivity (Wildman–Crippen MR) is 70.3 cm³/mol. The van der Waals surface area contributed by atoms with E-state index in [1.807, 2.05) is 6.92 Å². The number of carboxylic acids is 1. The first-order valence-corrected chi connectivity index (χ1v) is 6.82. The molecule has 0 heterocycles. The van der Waals surface area contributed by atoms with Crippen molar-refractivity contribution in [1.29, 1.82) is 0 Å². The molecular formula is C14H20N2O3. The van der Waals surface area contributed by atoms with Gasteiger partial charge in [0.15, 0.2) is 0 Å². The smallest absolute Gasteiger partial charge is 0.316 e. The van der Waals surface area contributed by atoms with Crippen LogP contribution in [0.5, 0.6) is 0 Å². The van der Waals surface area contributed by atoms with Gasteiger partial charge in [-0.3, -0.25) is 4.79 Å². The fourth-order valence-corrected chi connectivity index (χ4v) is 3.47. The van der Waals surface area contributed by atoms with E-state index in [0.29, 0.717) is 12.3 Å². The van der Waals surface area contributed by atoms with Crippen LogP contribution in [0.25, 0.3) is 0 Å². The minimum absolute atomic E-state index is 0.211. The van der Waals surface area contributed by atoms with Crippen molar-refractivity contribution in [2.75, 3.05) is 0 Å². The number of hydrogen-bond acceptors (Lipinski definition) is 2. The molecule has 0 spiro atoms. The molecule has 2 aliphatic carbocycles. The van der Waals surface area contributed by atoms with Crippen LogP contribution in [-0.2, 0) is 4.79 Å². The van der Waals surface area contributed by atoms with E-state index in [0.717, 1.165) is 19.3 Å². The molecule has 5 atom stereocenters. The second kappa shape index (κ2) is 5.52. The van der Waals surface area contributed by atoms with Crippen LogP contribution in [0.4, 0.5) is 4.79 Å². The van der Waals surface area contributed by atoms with Crippen LogP contribution in [0, 0.1) is 30.1 Å². The molecule has 3 N–H and O–H groups in total. The van der Waals surface area contributed by atoms with Crippen LogP contribution in [0.2, 0.25) is 0 Å². The molecule has 2 aliphatic rings. The highest BCUT2D eigenvalue weighted by atomic mass is 16.4. The van der Waals surface area contributed by atoms with Crippen molar-refractivity contribution in [1.82, 2.24) is 10.6 Å². The number of carbonyl (C=O) groups excluding carboxylic acids is 1. The van der Waals surface area contributed by atoms with Gasteiger partial charge in [0.1, 0.15) is 0 Å². The lowest BCUT2D eigenvalue weighted by atomic mass is 9.84. The minimum atomic E-state index is -0.804. The van der Waals surface area contributed by atoms with Gasteiger partial charge in [-0.25, -0.2) is 4.79 Å². The van der Waals surface area contributed by atoms with Gasteiger partial charge >= 0.3 is 12.0 Å². The van der Waals surface area contributed by atoms with Crippen LogP contribution >= 0.6 is 0 Å². The number of rotatable bonds is 4. The molecule has 0 aromatic heterocycles. The van der Waals surface area contributed by atoms with E-state index in [1.54, 1.807) is 0 Å². The maximum Gasteiger partial charge on any atom is 0.316 e. The summed E-state index contributed by atoms with van der Waals surface area (Å²) < 4.78 is 0. The monoisotopic (exact) mass is 264 g/mol. The summed E-state index contributed by atoms with van der Waals surface area (Å²) in [6.45, 7) is 1.89. The molecule has 0 saturated heterocycles. The van der Waals surface area contributed by atoms with Gasteiger partial charge in [0, 0.05) is 6.04 Å². The van der Waals surface area contributed by atoms with Gasteiger partial charge in [0.2, 0.25) is 0 Å². The van der Waals surface area contributed by atoms with Gasteiger partial charge in [0.25, 0.3) is 0 Å². The number of urea groups is 1. The van der Waals surface area contributed by atoms with Crippen molar-refractivity contribution in [2.24, 2.45) is 17.8 Å². The predicted octanol–water partition coefficient (Wildman–Crippen LogP) is 1.20. The zero-order chi connectivity index (χ0) is 14.0. The largest absolute Gasteiger partial charge is 0.481 e. The maximum absolute atomic E-state index is 11.9. The maximum atomic E-state index is 11.9. The quantitative estimate of drug-likeness (QED) is 0.667. The lowest BCUT2D eigenvalue weighted by Gasteiger charge is -2.29. The Balaban J connectivity index is 1.96. The Hall–Kier alpha value is -1.70. The van der Waals surface area contributed by atoms with E-state index in [9.17, 15) is 14.7 Å². The Bertz CT molecular complexity index is 415. The standard InChI is InChI=1S/C14H20N2O3/c1-3-10(4-2)15-14(19)16-12-9-6-5-8(7-9)11(12)13(17)18/h1,8-12H,4-7H2,2H3,(H,17,18)(H2,15,16,19). The lowest BCUT2D eigenvalue weighted by molar-refractivity contribution is -0.144. The van der Waals surface area contributed by atoms with Gasteiger partial charge < -0.3 is 15.7 Å².